The predicted molar refractivity (Wildman–Crippen MR) is 91.3 cm³/mol. The maximum Gasteiger partial charge on any atom is 0.101 e. The number of hydrogen-bond acceptors (Lipinski definition) is 2. The highest BCUT2D eigenvalue weighted by atomic mass is 79.9. The first-order valence-corrected chi connectivity index (χ1v) is 7.72. The van der Waals surface area contributed by atoms with E-state index in [2.05, 4.69) is 72.4 Å². The Balaban J connectivity index is 2.09. The van der Waals surface area contributed by atoms with Gasteiger partial charge in [-0.1, -0.05) is 61.0 Å². The molecular formula is C18H19BrN2. The minimum absolute atomic E-state index is 0.172. The molecule has 2 nitrogen and oxygen atoms in total. The molecule has 0 radical (unpaired) electrons. The molecular weight excluding hydrogens is 324 g/mol. The Morgan fingerprint density at radius 2 is 1.76 bits per heavy atom. The van der Waals surface area contributed by atoms with Crippen molar-refractivity contribution in [2.24, 2.45) is 0 Å². The average Bonchev–Trinajstić information content (AvgIpc) is 2.45. The lowest BCUT2D eigenvalue weighted by molar-refractivity contribution is 0.590. The van der Waals surface area contributed by atoms with Crippen LogP contribution in [0.1, 0.15) is 37.5 Å². The monoisotopic (exact) mass is 342 g/mol. The lowest BCUT2D eigenvalue weighted by atomic mass is 9.87. The third-order valence-electron chi connectivity index (χ3n) is 3.40. The molecule has 0 aliphatic heterocycles. The van der Waals surface area contributed by atoms with E-state index in [1.54, 1.807) is 0 Å². The Labute approximate surface area is 134 Å². The zero-order valence-electron chi connectivity index (χ0n) is 12.6. The fraction of sp³-hybridized carbons (Fsp3) is 0.278. The largest absolute Gasteiger partial charge is 0.380 e. The highest BCUT2D eigenvalue weighted by Gasteiger charge is 2.12. The summed E-state index contributed by atoms with van der Waals surface area (Å²) in [5.74, 6) is 0. The Morgan fingerprint density at radius 3 is 2.33 bits per heavy atom. The molecule has 0 amide bonds. The fourth-order valence-corrected chi connectivity index (χ4v) is 2.44. The van der Waals surface area contributed by atoms with Gasteiger partial charge in [-0.2, -0.15) is 5.26 Å². The van der Waals surface area contributed by atoms with Gasteiger partial charge in [0, 0.05) is 11.0 Å². The molecule has 3 heteroatoms. The molecule has 0 unspecified atom stereocenters. The highest BCUT2D eigenvalue weighted by Crippen LogP contribution is 2.23. The second-order valence-corrected chi connectivity index (χ2v) is 7.02. The number of halogens is 1. The SMILES string of the molecule is CC(C)(C)c1ccc(CNc2ccc(Br)cc2C#N)cc1. The quantitative estimate of drug-likeness (QED) is 0.828. The van der Waals surface area contributed by atoms with Gasteiger partial charge in [0.1, 0.15) is 6.07 Å². The number of hydrogen-bond donors (Lipinski definition) is 1. The van der Waals surface area contributed by atoms with E-state index in [-0.39, 0.29) is 5.41 Å². The Kier molecular flexibility index (Phi) is 4.69. The van der Waals surface area contributed by atoms with E-state index < -0.39 is 0 Å². The van der Waals surface area contributed by atoms with E-state index in [1.807, 2.05) is 18.2 Å². The van der Waals surface area contributed by atoms with Gasteiger partial charge >= 0.3 is 0 Å². The van der Waals surface area contributed by atoms with Crippen molar-refractivity contribution in [3.63, 3.8) is 0 Å². The van der Waals surface area contributed by atoms with Crippen molar-refractivity contribution < 1.29 is 0 Å². The average molecular weight is 343 g/mol. The number of nitrogens with zero attached hydrogens (tertiary/aromatic N) is 1. The van der Waals surface area contributed by atoms with E-state index in [9.17, 15) is 0 Å². The number of benzene rings is 2. The van der Waals surface area contributed by atoms with Gasteiger partial charge in [-0.25, -0.2) is 0 Å². The van der Waals surface area contributed by atoms with E-state index in [0.29, 0.717) is 12.1 Å². The van der Waals surface area contributed by atoms with Crippen LogP contribution in [-0.2, 0) is 12.0 Å². The van der Waals surface area contributed by atoms with Crippen molar-refractivity contribution in [1.82, 2.24) is 0 Å². The number of nitrogens with one attached hydrogen (secondary N) is 1. The van der Waals surface area contributed by atoms with Crippen LogP contribution in [0.3, 0.4) is 0 Å². The van der Waals surface area contributed by atoms with Gasteiger partial charge in [-0.15, -0.1) is 0 Å². The first kappa shape index (κ1) is 15.6. The van der Waals surface area contributed by atoms with Gasteiger partial charge in [0.2, 0.25) is 0 Å². The van der Waals surface area contributed by atoms with Crippen LogP contribution in [0.4, 0.5) is 5.69 Å². The third kappa shape index (κ3) is 4.09. The topological polar surface area (TPSA) is 35.8 Å². The lowest BCUT2D eigenvalue weighted by Crippen LogP contribution is -2.11. The van der Waals surface area contributed by atoms with Gasteiger partial charge in [-0.05, 0) is 34.7 Å². The molecule has 0 aliphatic carbocycles. The molecule has 108 valence electrons. The van der Waals surface area contributed by atoms with Crippen molar-refractivity contribution in [3.05, 3.63) is 63.6 Å². The molecule has 0 fully saturated rings. The molecule has 2 rings (SSSR count). The second kappa shape index (κ2) is 6.32. The fourth-order valence-electron chi connectivity index (χ4n) is 2.08. The van der Waals surface area contributed by atoms with Gasteiger partial charge in [-0.3, -0.25) is 0 Å². The smallest absolute Gasteiger partial charge is 0.101 e. The molecule has 0 atom stereocenters. The minimum Gasteiger partial charge on any atom is -0.380 e. The second-order valence-electron chi connectivity index (χ2n) is 6.10. The van der Waals surface area contributed by atoms with E-state index in [4.69, 9.17) is 5.26 Å². The molecule has 0 heterocycles. The van der Waals surface area contributed by atoms with Crippen LogP contribution in [0, 0.1) is 11.3 Å². The van der Waals surface area contributed by atoms with Crippen molar-refractivity contribution in [2.75, 3.05) is 5.32 Å². The number of anilines is 1. The molecule has 0 aliphatic rings. The molecule has 21 heavy (non-hydrogen) atoms. The maximum absolute atomic E-state index is 9.16. The van der Waals surface area contributed by atoms with E-state index in [1.165, 1.54) is 11.1 Å². The summed E-state index contributed by atoms with van der Waals surface area (Å²) in [5.41, 5.74) is 4.21. The summed E-state index contributed by atoms with van der Waals surface area (Å²) in [5, 5.41) is 12.5. The zero-order chi connectivity index (χ0) is 15.5. The predicted octanol–water partition coefficient (Wildman–Crippen LogP) is 5.23. The first-order chi connectivity index (χ1) is 9.90. The zero-order valence-corrected chi connectivity index (χ0v) is 14.2. The van der Waals surface area contributed by atoms with Crippen LogP contribution in [0.25, 0.3) is 0 Å². The third-order valence-corrected chi connectivity index (χ3v) is 3.90. The number of nitriles is 1. The summed E-state index contributed by atoms with van der Waals surface area (Å²) in [4.78, 5) is 0. The minimum atomic E-state index is 0.172. The van der Waals surface area contributed by atoms with Crippen LogP contribution in [-0.4, -0.2) is 0 Å². The molecule has 0 saturated heterocycles. The molecule has 0 bridgehead atoms. The summed E-state index contributed by atoms with van der Waals surface area (Å²) in [6, 6.07) is 16.5. The van der Waals surface area contributed by atoms with Gasteiger partial charge in [0.05, 0.1) is 11.3 Å². The molecule has 1 N–H and O–H groups in total. The Morgan fingerprint density at radius 1 is 1.10 bits per heavy atom. The summed E-state index contributed by atoms with van der Waals surface area (Å²) in [7, 11) is 0. The van der Waals surface area contributed by atoms with Gasteiger partial charge in [0.15, 0.2) is 0 Å². The summed E-state index contributed by atoms with van der Waals surface area (Å²) >= 11 is 3.38. The normalized spacial score (nSPS) is 11.0. The molecule has 2 aromatic carbocycles. The summed E-state index contributed by atoms with van der Waals surface area (Å²) < 4.78 is 0.916. The van der Waals surface area contributed by atoms with Crippen LogP contribution < -0.4 is 5.32 Å². The van der Waals surface area contributed by atoms with Crippen molar-refractivity contribution >= 4 is 21.6 Å². The highest BCUT2D eigenvalue weighted by molar-refractivity contribution is 9.10. The molecule has 0 aromatic heterocycles. The Hall–Kier alpha value is -1.79. The maximum atomic E-state index is 9.16. The van der Waals surface area contributed by atoms with Gasteiger partial charge in [0.25, 0.3) is 0 Å². The Bertz CT molecular complexity index is 661. The van der Waals surface area contributed by atoms with E-state index >= 15 is 0 Å². The summed E-state index contributed by atoms with van der Waals surface area (Å²) in [6.45, 7) is 7.34. The molecule has 0 spiro atoms. The van der Waals surface area contributed by atoms with Crippen molar-refractivity contribution in [2.45, 2.75) is 32.7 Å². The number of rotatable bonds is 3. The standard InChI is InChI=1S/C18H19BrN2/c1-18(2,3)15-6-4-13(5-7-15)12-21-17-9-8-16(19)10-14(17)11-20/h4-10,21H,12H2,1-3H3. The van der Waals surface area contributed by atoms with E-state index in [0.717, 1.165) is 10.2 Å². The molecule has 2 aromatic rings. The first-order valence-electron chi connectivity index (χ1n) is 6.93. The molecule has 0 saturated carbocycles. The van der Waals surface area contributed by atoms with Gasteiger partial charge < -0.3 is 5.32 Å². The van der Waals surface area contributed by atoms with Crippen LogP contribution in [0.5, 0.6) is 0 Å². The van der Waals surface area contributed by atoms with Crippen LogP contribution in [0.15, 0.2) is 46.9 Å². The van der Waals surface area contributed by atoms with Crippen molar-refractivity contribution in [3.8, 4) is 6.07 Å². The van der Waals surface area contributed by atoms with Crippen molar-refractivity contribution in [1.29, 1.82) is 5.26 Å². The van der Waals surface area contributed by atoms with Crippen LogP contribution >= 0.6 is 15.9 Å². The lowest BCUT2D eigenvalue weighted by Gasteiger charge is -2.19. The summed E-state index contributed by atoms with van der Waals surface area (Å²) in [6.07, 6.45) is 0. The van der Waals surface area contributed by atoms with Crippen LogP contribution in [0.2, 0.25) is 0 Å².